The van der Waals surface area contributed by atoms with Crippen LogP contribution < -0.4 is 10.5 Å². The van der Waals surface area contributed by atoms with Crippen molar-refractivity contribution in [2.24, 2.45) is 5.92 Å². The summed E-state index contributed by atoms with van der Waals surface area (Å²) < 4.78 is 27.6. The Morgan fingerprint density at radius 2 is 2.14 bits per heavy atom. The highest BCUT2D eigenvalue weighted by atomic mass is 32.2. The first kappa shape index (κ1) is 16.1. The third kappa shape index (κ3) is 3.66. The molecule has 0 saturated heterocycles. The summed E-state index contributed by atoms with van der Waals surface area (Å²) in [7, 11) is -3.59. The van der Waals surface area contributed by atoms with Crippen LogP contribution in [0.1, 0.15) is 6.92 Å². The third-order valence-corrected chi connectivity index (χ3v) is 5.49. The Morgan fingerprint density at radius 3 is 2.86 bits per heavy atom. The Kier molecular flexibility index (Phi) is 5.08. The highest BCUT2D eigenvalue weighted by molar-refractivity contribution is 7.98. The number of anilines is 1. The minimum absolute atomic E-state index is 0.170. The molecule has 21 heavy (non-hydrogen) atoms. The summed E-state index contributed by atoms with van der Waals surface area (Å²) in [4.78, 5) is 4.34. The fraction of sp³-hybridized carbons (Fsp3) is 0.357. The molecule has 0 spiro atoms. The maximum atomic E-state index is 12.5. The average Bonchev–Trinajstić information content (AvgIpc) is 2.46. The fourth-order valence-corrected chi connectivity index (χ4v) is 4.07. The Balaban J connectivity index is 2.35. The zero-order chi connectivity index (χ0) is 15.5. The van der Waals surface area contributed by atoms with Crippen LogP contribution in [0.25, 0.3) is 10.9 Å². The summed E-state index contributed by atoms with van der Waals surface area (Å²) in [5.41, 5.74) is 6.80. The average molecular weight is 325 g/mol. The summed E-state index contributed by atoms with van der Waals surface area (Å²) in [5.74, 6) is 1.17. The molecule has 0 aliphatic carbocycles. The maximum absolute atomic E-state index is 12.5. The van der Waals surface area contributed by atoms with Crippen LogP contribution in [0, 0.1) is 5.92 Å². The minimum Gasteiger partial charge on any atom is -0.398 e. The number of nitrogens with one attached hydrogen (secondary N) is 1. The normalized spacial score (nSPS) is 13.4. The molecule has 0 radical (unpaired) electrons. The molecule has 7 heteroatoms. The Hall–Kier alpha value is -1.31. The lowest BCUT2D eigenvalue weighted by atomic mass is 10.2. The first-order valence-electron chi connectivity index (χ1n) is 6.57. The second kappa shape index (κ2) is 6.64. The summed E-state index contributed by atoms with van der Waals surface area (Å²) >= 11 is 1.70. The van der Waals surface area contributed by atoms with Crippen molar-refractivity contribution in [3.63, 3.8) is 0 Å². The van der Waals surface area contributed by atoms with Crippen molar-refractivity contribution in [2.75, 3.05) is 24.3 Å². The predicted molar refractivity (Wildman–Crippen MR) is 88.9 cm³/mol. The molecule has 0 aliphatic heterocycles. The Labute approximate surface area is 129 Å². The van der Waals surface area contributed by atoms with Crippen molar-refractivity contribution >= 4 is 38.4 Å². The molecule has 0 amide bonds. The molecule has 0 bridgehead atoms. The summed E-state index contributed by atoms with van der Waals surface area (Å²) in [5, 5.41) is 0.650. The molecular weight excluding hydrogens is 306 g/mol. The van der Waals surface area contributed by atoms with Crippen LogP contribution in [0.15, 0.2) is 35.4 Å². The first-order valence-corrected chi connectivity index (χ1v) is 9.45. The molecule has 1 heterocycles. The van der Waals surface area contributed by atoms with E-state index < -0.39 is 10.0 Å². The number of hydrogen-bond acceptors (Lipinski definition) is 5. The molecule has 0 aliphatic rings. The summed E-state index contributed by atoms with van der Waals surface area (Å²) in [6, 6.07) is 6.62. The highest BCUT2D eigenvalue weighted by Crippen LogP contribution is 2.25. The van der Waals surface area contributed by atoms with Gasteiger partial charge in [-0.2, -0.15) is 11.8 Å². The van der Waals surface area contributed by atoms with Crippen LogP contribution in [0.4, 0.5) is 5.69 Å². The number of thioether (sulfide) groups is 1. The van der Waals surface area contributed by atoms with Crippen LogP contribution >= 0.6 is 11.8 Å². The van der Waals surface area contributed by atoms with Crippen LogP contribution in [0.2, 0.25) is 0 Å². The van der Waals surface area contributed by atoms with Crippen molar-refractivity contribution < 1.29 is 8.42 Å². The largest absolute Gasteiger partial charge is 0.398 e. The van der Waals surface area contributed by atoms with Crippen molar-refractivity contribution in [2.45, 2.75) is 11.8 Å². The number of nitrogens with zero attached hydrogens (tertiary/aromatic N) is 1. The van der Waals surface area contributed by atoms with Crippen molar-refractivity contribution in [1.29, 1.82) is 0 Å². The lowest BCUT2D eigenvalue weighted by Gasteiger charge is -2.13. The van der Waals surface area contributed by atoms with Crippen LogP contribution in [-0.2, 0) is 10.0 Å². The first-order chi connectivity index (χ1) is 9.95. The van der Waals surface area contributed by atoms with Gasteiger partial charge in [-0.3, -0.25) is 4.98 Å². The highest BCUT2D eigenvalue weighted by Gasteiger charge is 2.19. The van der Waals surface area contributed by atoms with Gasteiger partial charge in [-0.15, -0.1) is 0 Å². The van der Waals surface area contributed by atoms with Gasteiger partial charge in [0.2, 0.25) is 10.0 Å². The van der Waals surface area contributed by atoms with Crippen molar-refractivity contribution in [3.05, 3.63) is 30.5 Å². The Morgan fingerprint density at radius 1 is 1.38 bits per heavy atom. The molecule has 1 aromatic heterocycles. The van der Waals surface area contributed by atoms with E-state index in [0.29, 0.717) is 23.1 Å². The van der Waals surface area contributed by atoms with E-state index in [4.69, 9.17) is 5.73 Å². The number of hydrogen-bond donors (Lipinski definition) is 2. The van der Waals surface area contributed by atoms with Gasteiger partial charge < -0.3 is 5.73 Å². The summed E-state index contributed by atoms with van der Waals surface area (Å²) in [6.45, 7) is 2.42. The number of fused-ring (bicyclic) bond motifs is 1. The molecule has 1 unspecified atom stereocenters. The number of aromatic nitrogens is 1. The minimum atomic E-state index is -3.59. The number of sulfonamides is 1. The number of benzene rings is 1. The number of nitrogens with two attached hydrogens (primary N) is 1. The second-order valence-electron chi connectivity index (χ2n) is 4.96. The molecule has 2 aromatic rings. The van der Waals surface area contributed by atoms with Gasteiger partial charge in [-0.25, -0.2) is 13.1 Å². The molecule has 1 aromatic carbocycles. The molecule has 3 N–H and O–H groups in total. The monoisotopic (exact) mass is 325 g/mol. The SMILES string of the molecule is CSCC(C)CNS(=O)(=O)c1ccc(N)c2cccnc12. The van der Waals surface area contributed by atoms with Gasteiger partial charge in [-0.1, -0.05) is 6.92 Å². The zero-order valence-corrected chi connectivity index (χ0v) is 13.7. The van der Waals surface area contributed by atoms with Gasteiger partial charge in [0, 0.05) is 23.8 Å². The fourth-order valence-electron chi connectivity index (χ4n) is 2.06. The van der Waals surface area contributed by atoms with Crippen molar-refractivity contribution in [1.82, 2.24) is 9.71 Å². The van der Waals surface area contributed by atoms with Gasteiger partial charge in [0.05, 0.1) is 5.52 Å². The smallest absolute Gasteiger partial charge is 0.242 e. The van der Waals surface area contributed by atoms with Crippen molar-refractivity contribution in [3.8, 4) is 0 Å². The van der Waals surface area contributed by atoms with E-state index in [1.54, 1.807) is 36.2 Å². The molecule has 1 atom stereocenters. The van der Waals surface area contributed by atoms with Crippen LogP contribution in [0.3, 0.4) is 0 Å². The number of nitrogen functional groups attached to an aromatic ring is 1. The lowest BCUT2D eigenvalue weighted by molar-refractivity contribution is 0.563. The van der Waals surface area contributed by atoms with E-state index in [2.05, 4.69) is 9.71 Å². The summed E-state index contributed by atoms with van der Waals surface area (Å²) in [6.07, 6.45) is 3.57. The van der Waals surface area contributed by atoms with Gasteiger partial charge in [-0.05, 0) is 42.2 Å². The van der Waals surface area contributed by atoms with Gasteiger partial charge in [0.1, 0.15) is 4.90 Å². The van der Waals surface area contributed by atoms with Gasteiger partial charge >= 0.3 is 0 Å². The van der Waals surface area contributed by atoms with Crippen LogP contribution in [0.5, 0.6) is 0 Å². The lowest BCUT2D eigenvalue weighted by Crippen LogP contribution is -2.29. The van der Waals surface area contributed by atoms with E-state index in [1.807, 2.05) is 13.2 Å². The van der Waals surface area contributed by atoms with E-state index >= 15 is 0 Å². The van der Waals surface area contributed by atoms with E-state index in [0.717, 1.165) is 5.75 Å². The zero-order valence-electron chi connectivity index (χ0n) is 12.0. The standard InChI is InChI=1S/C14H19N3O2S2/c1-10(9-20-2)8-17-21(18,19)13-6-5-12(15)11-4-3-7-16-14(11)13/h3-7,10,17H,8-9,15H2,1-2H3. The van der Waals surface area contributed by atoms with E-state index in [9.17, 15) is 8.42 Å². The molecule has 5 nitrogen and oxygen atoms in total. The van der Waals surface area contributed by atoms with Gasteiger partial charge in [0.15, 0.2) is 0 Å². The third-order valence-electron chi connectivity index (χ3n) is 3.13. The van der Waals surface area contributed by atoms with Crippen LogP contribution in [-0.4, -0.2) is 32.0 Å². The van der Waals surface area contributed by atoms with Gasteiger partial charge in [0.25, 0.3) is 0 Å². The quantitative estimate of drug-likeness (QED) is 0.794. The topological polar surface area (TPSA) is 85.1 Å². The predicted octanol–water partition coefficient (Wildman–Crippen LogP) is 2.09. The molecule has 0 fully saturated rings. The second-order valence-corrected chi connectivity index (χ2v) is 7.61. The number of rotatable bonds is 6. The molecule has 114 valence electrons. The molecular formula is C14H19N3O2S2. The maximum Gasteiger partial charge on any atom is 0.242 e. The molecule has 2 rings (SSSR count). The number of pyridine rings is 1. The van der Waals surface area contributed by atoms with E-state index in [-0.39, 0.29) is 10.8 Å². The Bertz CT molecular complexity index is 732. The molecule has 0 saturated carbocycles. The van der Waals surface area contributed by atoms with E-state index in [1.165, 1.54) is 6.07 Å².